The Morgan fingerprint density at radius 2 is 1.61 bits per heavy atom. The molecule has 1 aliphatic carbocycles. The number of Topliss-reactive ketones (excluding diaryl/α,β-unsaturated/α-hetero) is 1. The second-order valence-corrected chi connectivity index (χ2v) is 9.65. The van der Waals surface area contributed by atoms with Crippen LogP contribution in [0.4, 0.5) is 5.69 Å². The van der Waals surface area contributed by atoms with Crippen LogP contribution >= 0.6 is 0 Å². The summed E-state index contributed by atoms with van der Waals surface area (Å²) >= 11 is 0. The molecule has 0 bridgehead atoms. The van der Waals surface area contributed by atoms with Gasteiger partial charge in [0.15, 0.2) is 5.78 Å². The summed E-state index contributed by atoms with van der Waals surface area (Å²) in [4.78, 5) is 37.9. The van der Waals surface area contributed by atoms with Crippen LogP contribution in [0.15, 0.2) is 107 Å². The first-order valence-electron chi connectivity index (χ1n) is 12.7. The smallest absolute Gasteiger partial charge is 0.336 e. The zero-order valence-corrected chi connectivity index (χ0v) is 21.1. The third-order valence-corrected chi connectivity index (χ3v) is 7.22. The van der Waals surface area contributed by atoms with E-state index in [1.165, 1.54) is 12.1 Å². The molecule has 0 amide bonds. The number of hydrogen-bond acceptors (Lipinski definition) is 6. The molecule has 2 atom stereocenters. The van der Waals surface area contributed by atoms with Crippen molar-refractivity contribution in [3.05, 3.63) is 134 Å². The molecule has 1 aliphatic heterocycles. The van der Waals surface area contributed by atoms with Gasteiger partial charge in [-0.2, -0.15) is 0 Å². The predicted molar refractivity (Wildman–Crippen MR) is 143 cm³/mol. The van der Waals surface area contributed by atoms with Crippen molar-refractivity contribution in [3.8, 4) is 0 Å². The van der Waals surface area contributed by atoms with E-state index in [-0.39, 0.29) is 24.0 Å². The Hall–Kier alpha value is -4.52. The number of nitro benzene ring substituents is 1. The Labute approximate surface area is 221 Å². The second kappa shape index (κ2) is 10.8. The molecule has 38 heavy (non-hydrogen) atoms. The van der Waals surface area contributed by atoms with Gasteiger partial charge in [-0.25, -0.2) is 4.79 Å². The fourth-order valence-electron chi connectivity index (χ4n) is 5.38. The third-order valence-electron chi connectivity index (χ3n) is 7.22. The average Bonchev–Trinajstić information content (AvgIpc) is 2.93. The maximum absolute atomic E-state index is 13.7. The van der Waals surface area contributed by atoms with Crippen LogP contribution in [0.1, 0.15) is 48.3 Å². The Bertz CT molecular complexity index is 1430. The van der Waals surface area contributed by atoms with E-state index in [1.807, 2.05) is 67.6 Å². The zero-order chi connectivity index (χ0) is 26.6. The number of rotatable bonds is 7. The largest absolute Gasteiger partial charge is 0.462 e. The predicted octanol–water partition coefficient (Wildman–Crippen LogP) is 5.74. The van der Waals surface area contributed by atoms with Gasteiger partial charge in [-0.3, -0.25) is 14.9 Å². The first kappa shape index (κ1) is 25.1. The van der Waals surface area contributed by atoms with Crippen LogP contribution < -0.4 is 5.32 Å². The van der Waals surface area contributed by atoms with E-state index in [2.05, 4.69) is 5.32 Å². The number of esters is 1. The number of allylic oxidation sites excluding steroid dienone is 3. The van der Waals surface area contributed by atoms with Gasteiger partial charge in [-0.05, 0) is 36.0 Å². The number of benzene rings is 3. The van der Waals surface area contributed by atoms with Gasteiger partial charge < -0.3 is 10.1 Å². The van der Waals surface area contributed by atoms with Gasteiger partial charge >= 0.3 is 5.97 Å². The molecule has 0 saturated carbocycles. The van der Waals surface area contributed by atoms with Crippen LogP contribution in [0.25, 0.3) is 0 Å². The van der Waals surface area contributed by atoms with Crippen LogP contribution in [0.5, 0.6) is 0 Å². The molecule has 0 spiro atoms. The fourth-order valence-corrected chi connectivity index (χ4v) is 5.38. The minimum Gasteiger partial charge on any atom is -0.462 e. The van der Waals surface area contributed by atoms with E-state index in [1.54, 1.807) is 12.1 Å². The maximum atomic E-state index is 13.7. The molecule has 0 saturated heterocycles. The van der Waals surface area contributed by atoms with Crippen molar-refractivity contribution in [2.75, 3.05) is 6.61 Å². The molecule has 0 fully saturated rings. The maximum Gasteiger partial charge on any atom is 0.336 e. The van der Waals surface area contributed by atoms with Crippen LogP contribution in [0, 0.1) is 10.1 Å². The number of dihydropyridines is 1. The minimum atomic E-state index is -0.666. The van der Waals surface area contributed by atoms with E-state index < -0.39 is 16.8 Å². The van der Waals surface area contributed by atoms with Crippen LogP contribution in [-0.4, -0.2) is 23.3 Å². The lowest BCUT2D eigenvalue weighted by atomic mass is 9.71. The molecule has 7 nitrogen and oxygen atoms in total. The molecule has 2 aliphatic rings. The van der Waals surface area contributed by atoms with E-state index in [4.69, 9.17) is 4.74 Å². The summed E-state index contributed by atoms with van der Waals surface area (Å²) in [6.45, 7) is 2.01. The number of ketones is 1. The van der Waals surface area contributed by atoms with Crippen molar-refractivity contribution >= 4 is 17.4 Å². The van der Waals surface area contributed by atoms with E-state index in [0.717, 1.165) is 16.8 Å². The SMILES string of the molecule is CC1=C(C(=O)OCCc2ccccc2)[C@@H](c2ccc([N+](=O)[O-])cc2)C2=C(C[C@@H](c3ccccc3)CC2=O)N1. The zero-order valence-electron chi connectivity index (χ0n) is 21.1. The standard InChI is InChI=1S/C31H28N2O5/c1-20-28(31(35)38-17-16-21-8-4-2-5-9-21)29(23-12-14-25(15-13-23)33(36)37)30-26(32-20)18-24(19-27(30)34)22-10-6-3-7-11-22/h2-15,24,29,32H,16-19H2,1H3/t24-,29-/m1/s1. The Morgan fingerprint density at radius 1 is 0.947 bits per heavy atom. The molecule has 5 rings (SSSR count). The number of carbonyl (C=O) groups excluding carboxylic acids is 2. The first-order valence-corrected chi connectivity index (χ1v) is 12.7. The molecule has 1 heterocycles. The van der Waals surface area contributed by atoms with Crippen molar-refractivity contribution in [3.63, 3.8) is 0 Å². The molecule has 0 radical (unpaired) electrons. The molecule has 3 aromatic carbocycles. The van der Waals surface area contributed by atoms with Crippen LogP contribution in [0.2, 0.25) is 0 Å². The van der Waals surface area contributed by atoms with E-state index in [0.29, 0.717) is 41.7 Å². The molecule has 0 aromatic heterocycles. The number of nitrogens with one attached hydrogen (secondary N) is 1. The van der Waals surface area contributed by atoms with Crippen molar-refractivity contribution in [1.82, 2.24) is 5.32 Å². The van der Waals surface area contributed by atoms with Gasteiger partial charge in [0.1, 0.15) is 0 Å². The van der Waals surface area contributed by atoms with Crippen molar-refractivity contribution in [2.45, 2.75) is 38.0 Å². The molecule has 1 N–H and O–H groups in total. The lowest BCUT2D eigenvalue weighted by Gasteiger charge is -2.36. The number of nitrogens with zero attached hydrogens (tertiary/aromatic N) is 1. The summed E-state index contributed by atoms with van der Waals surface area (Å²) in [7, 11) is 0. The normalized spacial score (nSPS) is 19.0. The van der Waals surface area contributed by atoms with Crippen molar-refractivity contribution in [1.29, 1.82) is 0 Å². The fraction of sp³-hybridized carbons (Fsp3) is 0.226. The molecular weight excluding hydrogens is 480 g/mol. The van der Waals surface area contributed by atoms with Crippen LogP contribution in [0.3, 0.4) is 0 Å². The molecule has 192 valence electrons. The van der Waals surface area contributed by atoms with Gasteiger partial charge in [0.05, 0.1) is 17.1 Å². The molecular formula is C31H28N2O5. The number of nitro groups is 1. The third kappa shape index (κ3) is 5.13. The summed E-state index contributed by atoms with van der Waals surface area (Å²) in [5.41, 5.74) is 5.04. The van der Waals surface area contributed by atoms with Gasteiger partial charge in [0.25, 0.3) is 5.69 Å². The highest BCUT2D eigenvalue weighted by Crippen LogP contribution is 2.45. The monoisotopic (exact) mass is 508 g/mol. The summed E-state index contributed by atoms with van der Waals surface area (Å²) in [6, 6.07) is 25.7. The van der Waals surface area contributed by atoms with Gasteiger partial charge in [-0.15, -0.1) is 0 Å². The number of hydrogen-bond donors (Lipinski definition) is 1. The minimum absolute atomic E-state index is 0.0274. The molecule has 3 aromatic rings. The highest BCUT2D eigenvalue weighted by Gasteiger charge is 2.41. The van der Waals surface area contributed by atoms with Crippen molar-refractivity contribution < 1.29 is 19.2 Å². The average molecular weight is 509 g/mol. The lowest BCUT2D eigenvalue weighted by molar-refractivity contribution is -0.384. The summed E-state index contributed by atoms with van der Waals surface area (Å²) in [5.74, 6) is -1.18. The highest BCUT2D eigenvalue weighted by molar-refractivity contribution is 6.04. The topological polar surface area (TPSA) is 98.5 Å². The summed E-state index contributed by atoms with van der Waals surface area (Å²) in [6.07, 6.45) is 1.52. The Morgan fingerprint density at radius 3 is 2.26 bits per heavy atom. The number of ether oxygens (including phenoxy) is 1. The lowest BCUT2D eigenvalue weighted by Crippen LogP contribution is -2.36. The summed E-state index contributed by atoms with van der Waals surface area (Å²) < 4.78 is 5.70. The van der Waals surface area contributed by atoms with Gasteiger partial charge in [0, 0.05) is 47.9 Å². The van der Waals surface area contributed by atoms with Gasteiger partial charge in [0.2, 0.25) is 0 Å². The van der Waals surface area contributed by atoms with E-state index in [9.17, 15) is 19.7 Å². The first-order chi connectivity index (χ1) is 18.4. The highest BCUT2D eigenvalue weighted by atomic mass is 16.6. The van der Waals surface area contributed by atoms with Crippen molar-refractivity contribution in [2.24, 2.45) is 0 Å². The van der Waals surface area contributed by atoms with Gasteiger partial charge in [-0.1, -0.05) is 72.8 Å². The number of non-ortho nitro benzene ring substituents is 1. The van der Waals surface area contributed by atoms with Crippen LogP contribution in [-0.2, 0) is 20.7 Å². The number of carbonyl (C=O) groups is 2. The molecule has 7 heteroatoms. The molecule has 0 unspecified atom stereocenters. The summed E-state index contributed by atoms with van der Waals surface area (Å²) in [5, 5.41) is 14.6. The second-order valence-electron chi connectivity index (χ2n) is 9.65. The quantitative estimate of drug-likeness (QED) is 0.248. The Kier molecular flexibility index (Phi) is 7.18. The Balaban J connectivity index is 1.48. The van der Waals surface area contributed by atoms with E-state index >= 15 is 0 Å².